The van der Waals surface area contributed by atoms with Crippen molar-refractivity contribution in [1.29, 1.82) is 0 Å². The summed E-state index contributed by atoms with van der Waals surface area (Å²) in [7, 11) is 3.67. The van der Waals surface area contributed by atoms with Crippen molar-refractivity contribution >= 4 is 11.9 Å². The van der Waals surface area contributed by atoms with Crippen LogP contribution in [0.2, 0.25) is 0 Å². The molecule has 108 valence electrons. The van der Waals surface area contributed by atoms with E-state index in [4.69, 9.17) is 10.8 Å². The van der Waals surface area contributed by atoms with Crippen LogP contribution in [0.25, 0.3) is 0 Å². The Bertz CT molecular complexity index is 567. The molecule has 0 saturated heterocycles. The molecule has 2 heterocycles. The number of rotatable bonds is 6. The van der Waals surface area contributed by atoms with Gasteiger partial charge in [0.05, 0.1) is 5.69 Å². The quantitative estimate of drug-likeness (QED) is 0.696. The SMILES string of the molecule is CN(C)c1nc(N)nc(Cn2cc(CCCO)nn2)n1. The van der Waals surface area contributed by atoms with E-state index < -0.39 is 0 Å². The van der Waals surface area contributed by atoms with E-state index in [1.807, 2.05) is 20.3 Å². The topological polar surface area (TPSA) is 119 Å². The molecule has 9 nitrogen and oxygen atoms in total. The van der Waals surface area contributed by atoms with Gasteiger partial charge in [-0.2, -0.15) is 15.0 Å². The summed E-state index contributed by atoms with van der Waals surface area (Å²) < 4.78 is 1.64. The van der Waals surface area contributed by atoms with Gasteiger partial charge in [0, 0.05) is 26.9 Å². The Balaban J connectivity index is 2.11. The lowest BCUT2D eigenvalue weighted by atomic mass is 10.3. The second kappa shape index (κ2) is 6.24. The average molecular weight is 278 g/mol. The van der Waals surface area contributed by atoms with Crippen molar-refractivity contribution in [3.63, 3.8) is 0 Å². The normalized spacial score (nSPS) is 10.8. The van der Waals surface area contributed by atoms with Gasteiger partial charge in [-0.3, -0.25) is 0 Å². The molecule has 3 N–H and O–H groups in total. The van der Waals surface area contributed by atoms with Crippen LogP contribution in [-0.2, 0) is 13.0 Å². The lowest BCUT2D eigenvalue weighted by molar-refractivity contribution is 0.288. The Morgan fingerprint density at radius 3 is 2.80 bits per heavy atom. The molecule has 0 unspecified atom stereocenters. The van der Waals surface area contributed by atoms with Gasteiger partial charge in [0.2, 0.25) is 11.9 Å². The van der Waals surface area contributed by atoms with Crippen molar-refractivity contribution in [3.8, 4) is 0 Å². The first kappa shape index (κ1) is 14.1. The minimum Gasteiger partial charge on any atom is -0.396 e. The van der Waals surface area contributed by atoms with Gasteiger partial charge in [-0.25, -0.2) is 4.68 Å². The number of hydrogen-bond donors (Lipinski definition) is 2. The van der Waals surface area contributed by atoms with E-state index in [-0.39, 0.29) is 12.6 Å². The Morgan fingerprint density at radius 1 is 1.30 bits per heavy atom. The third-order valence-corrected chi connectivity index (χ3v) is 2.57. The Morgan fingerprint density at radius 2 is 2.10 bits per heavy atom. The molecule has 0 fully saturated rings. The van der Waals surface area contributed by atoms with Crippen LogP contribution < -0.4 is 10.6 Å². The fourth-order valence-electron chi connectivity index (χ4n) is 1.63. The van der Waals surface area contributed by atoms with E-state index in [2.05, 4.69) is 25.3 Å². The van der Waals surface area contributed by atoms with Crippen LogP contribution in [0, 0.1) is 0 Å². The van der Waals surface area contributed by atoms with Crippen LogP contribution in [0.1, 0.15) is 17.9 Å². The van der Waals surface area contributed by atoms with Gasteiger partial charge < -0.3 is 15.7 Å². The lowest BCUT2D eigenvalue weighted by Crippen LogP contribution is -2.17. The summed E-state index contributed by atoms with van der Waals surface area (Å²) in [6.07, 6.45) is 3.17. The summed E-state index contributed by atoms with van der Waals surface area (Å²) in [4.78, 5) is 14.2. The maximum Gasteiger partial charge on any atom is 0.229 e. The van der Waals surface area contributed by atoms with Crippen molar-refractivity contribution in [3.05, 3.63) is 17.7 Å². The summed E-state index contributed by atoms with van der Waals surface area (Å²) in [6.45, 7) is 0.517. The zero-order valence-corrected chi connectivity index (χ0v) is 11.6. The number of hydrogen-bond acceptors (Lipinski definition) is 8. The number of aromatic nitrogens is 6. The molecule has 0 bridgehead atoms. The molecule has 2 aromatic rings. The minimum atomic E-state index is 0.142. The highest BCUT2D eigenvalue weighted by atomic mass is 16.2. The summed E-state index contributed by atoms with van der Waals surface area (Å²) in [6, 6.07) is 0. The van der Waals surface area contributed by atoms with E-state index >= 15 is 0 Å². The first-order valence-corrected chi connectivity index (χ1v) is 6.26. The molecular formula is C11H18N8O. The van der Waals surface area contributed by atoms with Gasteiger partial charge in [-0.15, -0.1) is 5.10 Å². The monoisotopic (exact) mass is 278 g/mol. The Kier molecular flexibility index (Phi) is 4.41. The Hall–Kier alpha value is -2.29. The standard InChI is InChI=1S/C11H18N8O/c1-18(2)11-14-9(13-10(12)15-11)7-19-6-8(16-17-19)4-3-5-20/h6,20H,3-5,7H2,1-2H3,(H2,12,13,14,15). The van der Waals surface area contributed by atoms with Crippen LogP contribution in [0.5, 0.6) is 0 Å². The second-order valence-electron chi connectivity index (χ2n) is 4.54. The molecule has 0 aliphatic rings. The first-order chi connectivity index (χ1) is 9.58. The largest absolute Gasteiger partial charge is 0.396 e. The van der Waals surface area contributed by atoms with E-state index in [0.717, 1.165) is 5.69 Å². The molecule has 0 aliphatic carbocycles. The fourth-order valence-corrected chi connectivity index (χ4v) is 1.63. The van der Waals surface area contributed by atoms with Gasteiger partial charge in [0.1, 0.15) is 6.54 Å². The van der Waals surface area contributed by atoms with Gasteiger partial charge in [-0.05, 0) is 12.8 Å². The maximum atomic E-state index is 8.78. The molecule has 2 aromatic heterocycles. The van der Waals surface area contributed by atoms with Crippen LogP contribution in [0.15, 0.2) is 6.20 Å². The van der Waals surface area contributed by atoms with Crippen molar-refractivity contribution < 1.29 is 5.11 Å². The number of nitrogens with two attached hydrogens (primary N) is 1. The molecule has 9 heteroatoms. The number of aliphatic hydroxyl groups excluding tert-OH is 1. The molecule has 0 radical (unpaired) electrons. The van der Waals surface area contributed by atoms with Gasteiger partial charge in [0.25, 0.3) is 0 Å². The van der Waals surface area contributed by atoms with Crippen molar-refractivity contribution in [2.24, 2.45) is 0 Å². The number of anilines is 2. The summed E-state index contributed by atoms with van der Waals surface area (Å²) in [5.41, 5.74) is 6.49. The molecule has 20 heavy (non-hydrogen) atoms. The lowest BCUT2D eigenvalue weighted by Gasteiger charge is -2.11. The third-order valence-electron chi connectivity index (χ3n) is 2.57. The highest BCUT2D eigenvalue weighted by Gasteiger charge is 2.08. The summed E-state index contributed by atoms with van der Waals surface area (Å²) in [5.74, 6) is 1.22. The molecule has 0 atom stereocenters. The molecule has 0 aliphatic heterocycles. The van der Waals surface area contributed by atoms with Crippen molar-refractivity contribution in [1.82, 2.24) is 29.9 Å². The molecular weight excluding hydrogens is 260 g/mol. The molecule has 0 saturated carbocycles. The number of aryl methyl sites for hydroxylation is 1. The van der Waals surface area contributed by atoms with Crippen LogP contribution in [0.4, 0.5) is 11.9 Å². The molecule has 0 spiro atoms. The number of nitrogens with zero attached hydrogens (tertiary/aromatic N) is 7. The highest BCUT2D eigenvalue weighted by molar-refractivity contribution is 5.32. The first-order valence-electron chi connectivity index (χ1n) is 6.26. The average Bonchev–Trinajstić information content (AvgIpc) is 2.83. The maximum absolute atomic E-state index is 8.78. The van der Waals surface area contributed by atoms with Crippen molar-refractivity contribution in [2.75, 3.05) is 31.3 Å². The fraction of sp³-hybridized carbons (Fsp3) is 0.545. The van der Waals surface area contributed by atoms with Crippen LogP contribution in [0.3, 0.4) is 0 Å². The van der Waals surface area contributed by atoms with Gasteiger partial charge in [0.15, 0.2) is 5.82 Å². The third kappa shape index (κ3) is 3.60. The molecule has 2 rings (SSSR count). The Labute approximate surface area is 116 Å². The predicted octanol–water partition coefficient (Wildman–Crippen LogP) is -0.915. The van der Waals surface area contributed by atoms with Gasteiger partial charge in [-0.1, -0.05) is 5.21 Å². The number of aliphatic hydroxyl groups is 1. The molecule has 0 amide bonds. The zero-order valence-electron chi connectivity index (χ0n) is 11.6. The summed E-state index contributed by atoms with van der Waals surface area (Å²) >= 11 is 0. The number of nitrogen functional groups attached to an aromatic ring is 1. The minimum absolute atomic E-state index is 0.142. The van der Waals surface area contributed by atoms with E-state index in [1.165, 1.54) is 0 Å². The zero-order chi connectivity index (χ0) is 14.5. The van der Waals surface area contributed by atoms with Gasteiger partial charge >= 0.3 is 0 Å². The highest BCUT2D eigenvalue weighted by Crippen LogP contribution is 2.07. The second-order valence-corrected chi connectivity index (χ2v) is 4.54. The van der Waals surface area contributed by atoms with Crippen LogP contribution in [-0.4, -0.2) is 55.8 Å². The summed E-state index contributed by atoms with van der Waals surface area (Å²) in [5, 5.41) is 16.8. The van der Waals surface area contributed by atoms with Crippen LogP contribution >= 0.6 is 0 Å². The van der Waals surface area contributed by atoms with Crippen molar-refractivity contribution in [2.45, 2.75) is 19.4 Å². The molecule has 0 aromatic carbocycles. The van der Waals surface area contributed by atoms with E-state index in [9.17, 15) is 0 Å². The predicted molar refractivity (Wildman–Crippen MR) is 73.1 cm³/mol. The smallest absolute Gasteiger partial charge is 0.229 e. The van der Waals surface area contributed by atoms with E-state index in [1.54, 1.807) is 9.58 Å². The van der Waals surface area contributed by atoms with E-state index in [0.29, 0.717) is 31.2 Å².